The van der Waals surface area contributed by atoms with Crippen molar-refractivity contribution in [3.05, 3.63) is 66.5 Å². The highest BCUT2D eigenvalue weighted by molar-refractivity contribution is 8.00. The third-order valence-corrected chi connectivity index (χ3v) is 5.23. The lowest BCUT2D eigenvalue weighted by atomic mass is 10.0. The molecule has 3 rings (SSSR count). The van der Waals surface area contributed by atoms with Crippen molar-refractivity contribution in [2.45, 2.75) is 43.1 Å². The number of nitrogens with one attached hydrogen (secondary N) is 1. The van der Waals surface area contributed by atoms with E-state index in [0.717, 1.165) is 29.1 Å². The molecule has 0 aliphatic rings. The zero-order valence-corrected chi connectivity index (χ0v) is 15.4. The summed E-state index contributed by atoms with van der Waals surface area (Å²) in [5, 5.41) is 3.82. The summed E-state index contributed by atoms with van der Waals surface area (Å²) in [4.78, 5) is 17.1. The second-order valence-electron chi connectivity index (χ2n) is 6.06. The smallest absolute Gasteiger partial charge is 0.233 e. The van der Waals surface area contributed by atoms with E-state index in [1.807, 2.05) is 60.1 Å². The number of carbonyl (C=O) groups is 1. The lowest BCUT2D eigenvalue weighted by Gasteiger charge is -2.20. The number of fused-ring (bicyclic) bond motifs is 1. The molecule has 0 bridgehead atoms. The SMILES string of the molecule is CCC[C@@H](NC(=O)[C@H](C)Sc1ncc2ccccn12)c1ccccc1. The van der Waals surface area contributed by atoms with E-state index in [2.05, 4.69) is 29.4 Å². The van der Waals surface area contributed by atoms with Gasteiger partial charge in [0.2, 0.25) is 5.91 Å². The number of hydrogen-bond donors (Lipinski definition) is 1. The van der Waals surface area contributed by atoms with Gasteiger partial charge in [0.1, 0.15) is 0 Å². The van der Waals surface area contributed by atoms with Gasteiger partial charge in [-0.1, -0.05) is 61.5 Å². The maximum atomic E-state index is 12.7. The quantitative estimate of drug-likeness (QED) is 0.637. The standard InChI is InChI=1S/C20H23N3OS/c1-3-9-18(16-10-5-4-6-11-16)22-19(24)15(2)25-20-21-14-17-12-7-8-13-23(17)20/h4-8,10-15,18H,3,9H2,1-2H3,(H,22,24)/t15-,18+/m0/s1. The molecule has 0 aliphatic carbocycles. The third kappa shape index (κ3) is 4.23. The summed E-state index contributed by atoms with van der Waals surface area (Å²) in [5.41, 5.74) is 2.19. The molecule has 5 heteroatoms. The third-order valence-electron chi connectivity index (χ3n) is 4.15. The maximum Gasteiger partial charge on any atom is 0.233 e. The summed E-state index contributed by atoms with van der Waals surface area (Å²) >= 11 is 1.48. The lowest BCUT2D eigenvalue weighted by Crippen LogP contribution is -2.34. The first kappa shape index (κ1) is 17.5. The van der Waals surface area contributed by atoms with Crippen LogP contribution in [0.15, 0.2) is 66.1 Å². The molecule has 130 valence electrons. The van der Waals surface area contributed by atoms with Crippen molar-refractivity contribution < 1.29 is 4.79 Å². The Morgan fingerprint density at radius 2 is 1.96 bits per heavy atom. The topological polar surface area (TPSA) is 46.4 Å². The van der Waals surface area contributed by atoms with Gasteiger partial charge in [-0.3, -0.25) is 9.20 Å². The Bertz CT molecular complexity index is 831. The zero-order valence-electron chi connectivity index (χ0n) is 14.6. The number of nitrogens with zero attached hydrogens (tertiary/aromatic N) is 2. The van der Waals surface area contributed by atoms with E-state index < -0.39 is 0 Å². The molecule has 0 spiro atoms. The maximum absolute atomic E-state index is 12.7. The summed E-state index contributed by atoms with van der Waals surface area (Å²) in [6.07, 6.45) is 5.75. The number of pyridine rings is 1. The van der Waals surface area contributed by atoms with Gasteiger partial charge in [-0.2, -0.15) is 0 Å². The Morgan fingerprint density at radius 3 is 2.72 bits per heavy atom. The summed E-state index contributed by atoms with van der Waals surface area (Å²) in [6, 6.07) is 16.2. The molecule has 0 saturated heterocycles. The molecule has 2 aromatic heterocycles. The largest absolute Gasteiger partial charge is 0.348 e. The number of hydrogen-bond acceptors (Lipinski definition) is 3. The van der Waals surface area contributed by atoms with Gasteiger partial charge >= 0.3 is 0 Å². The van der Waals surface area contributed by atoms with Crippen LogP contribution in [0.25, 0.3) is 5.52 Å². The van der Waals surface area contributed by atoms with Gasteiger partial charge in [0.25, 0.3) is 0 Å². The van der Waals surface area contributed by atoms with Gasteiger partial charge in [-0.15, -0.1) is 0 Å². The van der Waals surface area contributed by atoms with Crippen LogP contribution in [0.2, 0.25) is 0 Å². The van der Waals surface area contributed by atoms with E-state index in [1.54, 1.807) is 0 Å². The molecule has 0 unspecified atom stereocenters. The minimum Gasteiger partial charge on any atom is -0.348 e. The van der Waals surface area contributed by atoms with E-state index >= 15 is 0 Å². The highest BCUT2D eigenvalue weighted by atomic mass is 32.2. The molecule has 4 nitrogen and oxygen atoms in total. The first-order valence-corrected chi connectivity index (χ1v) is 9.51. The highest BCUT2D eigenvalue weighted by Gasteiger charge is 2.21. The minimum absolute atomic E-state index is 0.0417. The van der Waals surface area contributed by atoms with Crippen molar-refractivity contribution in [1.29, 1.82) is 0 Å². The van der Waals surface area contributed by atoms with Crippen molar-refractivity contribution in [3.63, 3.8) is 0 Å². The number of amides is 1. The van der Waals surface area contributed by atoms with Crippen molar-refractivity contribution in [3.8, 4) is 0 Å². The van der Waals surface area contributed by atoms with Crippen LogP contribution >= 0.6 is 11.8 Å². The molecule has 1 aromatic carbocycles. The van der Waals surface area contributed by atoms with Gasteiger partial charge in [0.05, 0.1) is 23.0 Å². The molecule has 2 heterocycles. The molecular formula is C20H23N3OS. The number of benzene rings is 1. The van der Waals surface area contributed by atoms with E-state index in [-0.39, 0.29) is 17.2 Å². The van der Waals surface area contributed by atoms with Crippen LogP contribution in [-0.4, -0.2) is 20.5 Å². The first-order chi connectivity index (χ1) is 12.2. The fourth-order valence-corrected chi connectivity index (χ4v) is 3.69. The second kappa shape index (κ2) is 8.21. The second-order valence-corrected chi connectivity index (χ2v) is 7.36. The normalized spacial score (nSPS) is 13.5. The van der Waals surface area contributed by atoms with Crippen molar-refractivity contribution in [2.24, 2.45) is 0 Å². The zero-order chi connectivity index (χ0) is 17.6. The van der Waals surface area contributed by atoms with Crippen LogP contribution < -0.4 is 5.32 Å². The number of imidazole rings is 1. The van der Waals surface area contributed by atoms with Gasteiger partial charge in [0, 0.05) is 6.20 Å². The van der Waals surface area contributed by atoms with Crippen LogP contribution in [0.3, 0.4) is 0 Å². The van der Waals surface area contributed by atoms with Crippen LogP contribution in [0.5, 0.6) is 0 Å². The average Bonchev–Trinajstić information content (AvgIpc) is 3.05. The van der Waals surface area contributed by atoms with Gasteiger partial charge < -0.3 is 5.32 Å². The summed E-state index contributed by atoms with van der Waals surface area (Å²) in [5.74, 6) is 0.0417. The minimum atomic E-state index is -0.214. The summed E-state index contributed by atoms with van der Waals surface area (Å²) in [7, 11) is 0. The summed E-state index contributed by atoms with van der Waals surface area (Å²) < 4.78 is 2.01. The number of rotatable bonds is 7. The Morgan fingerprint density at radius 1 is 1.20 bits per heavy atom. The average molecular weight is 353 g/mol. The molecular weight excluding hydrogens is 330 g/mol. The van der Waals surface area contributed by atoms with Gasteiger partial charge in [0.15, 0.2) is 5.16 Å². The van der Waals surface area contributed by atoms with E-state index in [4.69, 9.17) is 0 Å². The summed E-state index contributed by atoms with van der Waals surface area (Å²) in [6.45, 7) is 4.06. The Kier molecular flexibility index (Phi) is 5.76. The fourth-order valence-electron chi connectivity index (χ4n) is 2.80. The van der Waals surface area contributed by atoms with Crippen LogP contribution in [0.1, 0.15) is 38.3 Å². The molecule has 2 atom stereocenters. The Balaban J connectivity index is 1.69. The predicted molar refractivity (Wildman–Crippen MR) is 103 cm³/mol. The molecule has 0 saturated carbocycles. The highest BCUT2D eigenvalue weighted by Crippen LogP contribution is 2.25. The van der Waals surface area contributed by atoms with E-state index in [0.29, 0.717) is 0 Å². The monoisotopic (exact) mass is 353 g/mol. The van der Waals surface area contributed by atoms with E-state index in [9.17, 15) is 4.79 Å². The van der Waals surface area contributed by atoms with Crippen molar-refractivity contribution in [2.75, 3.05) is 0 Å². The number of carbonyl (C=O) groups excluding carboxylic acids is 1. The fraction of sp³-hybridized carbons (Fsp3) is 0.300. The van der Waals surface area contributed by atoms with Gasteiger partial charge in [-0.05, 0) is 31.0 Å². The predicted octanol–water partition coefficient (Wildman–Crippen LogP) is 4.47. The van der Waals surface area contributed by atoms with Crippen molar-refractivity contribution >= 4 is 23.2 Å². The molecule has 1 amide bonds. The molecule has 0 fully saturated rings. The number of thioether (sulfide) groups is 1. The first-order valence-electron chi connectivity index (χ1n) is 8.63. The van der Waals surface area contributed by atoms with Crippen molar-refractivity contribution in [1.82, 2.24) is 14.7 Å². The lowest BCUT2D eigenvalue weighted by molar-refractivity contribution is -0.121. The molecule has 1 N–H and O–H groups in total. The van der Waals surface area contributed by atoms with Crippen LogP contribution in [0.4, 0.5) is 0 Å². The van der Waals surface area contributed by atoms with E-state index in [1.165, 1.54) is 11.8 Å². The molecule has 3 aromatic rings. The molecule has 0 radical (unpaired) electrons. The van der Waals surface area contributed by atoms with Gasteiger partial charge in [-0.25, -0.2) is 4.98 Å². The molecule has 0 aliphatic heterocycles. The Hall–Kier alpha value is -2.27. The molecule has 25 heavy (non-hydrogen) atoms. The number of aromatic nitrogens is 2. The van der Waals surface area contributed by atoms with Crippen LogP contribution in [-0.2, 0) is 4.79 Å². The van der Waals surface area contributed by atoms with Crippen LogP contribution in [0, 0.1) is 0 Å². The Labute approximate surface area is 152 Å².